The van der Waals surface area contributed by atoms with E-state index in [0.29, 0.717) is 23.0 Å². The number of ether oxygens (including phenoxy) is 1. The van der Waals surface area contributed by atoms with Crippen molar-refractivity contribution >= 4 is 11.6 Å². The minimum atomic E-state index is -0.120. The maximum absolute atomic E-state index is 12.0. The zero-order valence-electron chi connectivity index (χ0n) is 14.3. The first-order valence-electron chi connectivity index (χ1n) is 7.97. The average molecular weight is 337 g/mol. The van der Waals surface area contributed by atoms with Crippen LogP contribution in [-0.4, -0.2) is 23.2 Å². The standard InChI is InChI=1S/C19H19N3O3/c1-12(2)18(23)20-16-7-5-4-6-15(16)19-21-17(22-25-19)13-8-10-14(24-3)11-9-13/h4-12H,1-3H3,(H,20,23). The van der Waals surface area contributed by atoms with E-state index in [1.807, 2.05) is 62.4 Å². The van der Waals surface area contributed by atoms with Gasteiger partial charge in [0.15, 0.2) is 0 Å². The number of carbonyl (C=O) groups is 1. The number of rotatable bonds is 5. The lowest BCUT2D eigenvalue weighted by Crippen LogP contribution is -2.18. The maximum Gasteiger partial charge on any atom is 0.260 e. The van der Waals surface area contributed by atoms with Gasteiger partial charge in [-0.25, -0.2) is 0 Å². The van der Waals surface area contributed by atoms with Gasteiger partial charge in [-0.3, -0.25) is 4.79 Å². The number of methoxy groups -OCH3 is 1. The van der Waals surface area contributed by atoms with E-state index < -0.39 is 0 Å². The van der Waals surface area contributed by atoms with Gasteiger partial charge in [-0.05, 0) is 36.4 Å². The first-order chi connectivity index (χ1) is 12.1. The lowest BCUT2D eigenvalue weighted by atomic mass is 10.1. The van der Waals surface area contributed by atoms with Crippen LogP contribution in [0.2, 0.25) is 0 Å². The Labute approximate surface area is 145 Å². The fourth-order valence-electron chi connectivity index (χ4n) is 2.25. The van der Waals surface area contributed by atoms with Crippen LogP contribution in [0, 0.1) is 5.92 Å². The predicted molar refractivity (Wildman–Crippen MR) is 95.2 cm³/mol. The summed E-state index contributed by atoms with van der Waals surface area (Å²) in [5, 5.41) is 6.92. The molecule has 0 aliphatic rings. The predicted octanol–water partition coefficient (Wildman–Crippen LogP) is 4.01. The average Bonchev–Trinajstić information content (AvgIpc) is 3.12. The molecule has 0 bridgehead atoms. The van der Waals surface area contributed by atoms with Gasteiger partial charge in [0.25, 0.3) is 5.89 Å². The number of anilines is 1. The Morgan fingerprint density at radius 3 is 2.52 bits per heavy atom. The van der Waals surface area contributed by atoms with Gasteiger partial charge in [0.2, 0.25) is 11.7 Å². The van der Waals surface area contributed by atoms with E-state index in [2.05, 4.69) is 15.5 Å². The van der Waals surface area contributed by atoms with Crippen molar-refractivity contribution in [2.75, 3.05) is 12.4 Å². The Hall–Kier alpha value is -3.15. The second-order valence-corrected chi connectivity index (χ2v) is 5.84. The van der Waals surface area contributed by atoms with Gasteiger partial charge < -0.3 is 14.6 Å². The van der Waals surface area contributed by atoms with E-state index in [9.17, 15) is 4.79 Å². The molecule has 0 spiro atoms. The van der Waals surface area contributed by atoms with Crippen LogP contribution in [0.25, 0.3) is 22.8 Å². The zero-order chi connectivity index (χ0) is 17.8. The van der Waals surface area contributed by atoms with Crippen LogP contribution in [0.5, 0.6) is 5.75 Å². The monoisotopic (exact) mass is 337 g/mol. The van der Waals surface area contributed by atoms with Crippen LogP contribution in [0.15, 0.2) is 53.1 Å². The van der Waals surface area contributed by atoms with E-state index in [1.54, 1.807) is 7.11 Å². The Kier molecular flexibility index (Phi) is 4.79. The van der Waals surface area contributed by atoms with Crippen molar-refractivity contribution in [2.45, 2.75) is 13.8 Å². The number of nitrogens with zero attached hydrogens (tertiary/aromatic N) is 2. The van der Waals surface area contributed by atoms with Gasteiger partial charge in [0.05, 0.1) is 18.4 Å². The summed E-state index contributed by atoms with van der Waals surface area (Å²) < 4.78 is 10.5. The first kappa shape index (κ1) is 16.7. The molecule has 1 N–H and O–H groups in total. The van der Waals surface area contributed by atoms with Gasteiger partial charge in [-0.1, -0.05) is 31.1 Å². The SMILES string of the molecule is COc1ccc(-c2noc(-c3ccccc3NC(=O)C(C)C)n2)cc1. The third-order valence-electron chi connectivity index (χ3n) is 3.71. The number of para-hydroxylation sites is 1. The molecule has 0 saturated carbocycles. The summed E-state index contributed by atoms with van der Waals surface area (Å²) in [7, 11) is 1.61. The largest absolute Gasteiger partial charge is 0.497 e. The molecule has 0 atom stereocenters. The summed E-state index contributed by atoms with van der Waals surface area (Å²) in [4.78, 5) is 16.4. The third-order valence-corrected chi connectivity index (χ3v) is 3.71. The minimum Gasteiger partial charge on any atom is -0.497 e. The molecule has 3 rings (SSSR count). The molecule has 0 unspecified atom stereocenters. The third kappa shape index (κ3) is 3.68. The number of hydrogen-bond acceptors (Lipinski definition) is 5. The molecule has 0 aliphatic heterocycles. The number of hydrogen-bond donors (Lipinski definition) is 1. The van der Waals surface area contributed by atoms with Crippen molar-refractivity contribution in [2.24, 2.45) is 5.92 Å². The molecular weight excluding hydrogens is 318 g/mol. The molecule has 6 nitrogen and oxygen atoms in total. The minimum absolute atomic E-state index is 0.0673. The molecule has 1 amide bonds. The molecular formula is C19H19N3O3. The molecule has 25 heavy (non-hydrogen) atoms. The van der Waals surface area contributed by atoms with Gasteiger partial charge in [-0.2, -0.15) is 4.98 Å². The second-order valence-electron chi connectivity index (χ2n) is 5.84. The topological polar surface area (TPSA) is 77.3 Å². The molecule has 2 aromatic carbocycles. The van der Waals surface area contributed by atoms with Gasteiger partial charge in [0, 0.05) is 11.5 Å². The zero-order valence-corrected chi connectivity index (χ0v) is 14.3. The van der Waals surface area contributed by atoms with E-state index in [1.165, 1.54) is 0 Å². The Bertz CT molecular complexity index is 870. The highest BCUT2D eigenvalue weighted by Gasteiger charge is 2.16. The second kappa shape index (κ2) is 7.17. The van der Waals surface area contributed by atoms with E-state index in [4.69, 9.17) is 9.26 Å². The Balaban J connectivity index is 1.90. The van der Waals surface area contributed by atoms with Gasteiger partial charge in [0.1, 0.15) is 5.75 Å². The number of nitrogens with one attached hydrogen (secondary N) is 1. The highest BCUT2D eigenvalue weighted by atomic mass is 16.5. The highest BCUT2D eigenvalue weighted by molar-refractivity contribution is 5.95. The van der Waals surface area contributed by atoms with E-state index >= 15 is 0 Å². The van der Waals surface area contributed by atoms with Crippen LogP contribution >= 0.6 is 0 Å². The summed E-state index contributed by atoms with van der Waals surface area (Å²) in [6, 6.07) is 14.7. The summed E-state index contributed by atoms with van der Waals surface area (Å²) in [6.07, 6.45) is 0. The molecule has 3 aromatic rings. The molecule has 0 saturated heterocycles. The van der Waals surface area contributed by atoms with Gasteiger partial charge >= 0.3 is 0 Å². The molecule has 128 valence electrons. The van der Waals surface area contributed by atoms with Crippen molar-refractivity contribution in [1.82, 2.24) is 10.1 Å². The summed E-state index contributed by atoms with van der Waals surface area (Å²) in [5.74, 6) is 1.40. The van der Waals surface area contributed by atoms with Crippen molar-refractivity contribution < 1.29 is 14.1 Å². The highest BCUT2D eigenvalue weighted by Crippen LogP contribution is 2.29. The molecule has 1 heterocycles. The van der Waals surface area contributed by atoms with E-state index in [0.717, 1.165) is 11.3 Å². The van der Waals surface area contributed by atoms with Crippen LogP contribution in [0.4, 0.5) is 5.69 Å². The number of aromatic nitrogens is 2. The number of benzene rings is 2. The number of carbonyl (C=O) groups excluding carboxylic acids is 1. The van der Waals surface area contributed by atoms with Crippen LogP contribution in [-0.2, 0) is 4.79 Å². The van der Waals surface area contributed by atoms with Crippen LogP contribution in [0.3, 0.4) is 0 Å². The van der Waals surface area contributed by atoms with Crippen molar-refractivity contribution in [3.05, 3.63) is 48.5 Å². The Morgan fingerprint density at radius 1 is 1.12 bits per heavy atom. The molecule has 0 aliphatic carbocycles. The fraction of sp³-hybridized carbons (Fsp3) is 0.211. The fourth-order valence-corrected chi connectivity index (χ4v) is 2.25. The Morgan fingerprint density at radius 2 is 1.84 bits per heavy atom. The smallest absolute Gasteiger partial charge is 0.260 e. The first-order valence-corrected chi connectivity index (χ1v) is 7.97. The molecule has 0 fully saturated rings. The van der Waals surface area contributed by atoms with Crippen LogP contribution < -0.4 is 10.1 Å². The quantitative estimate of drug-likeness (QED) is 0.761. The van der Waals surface area contributed by atoms with Crippen molar-refractivity contribution in [1.29, 1.82) is 0 Å². The summed E-state index contributed by atoms with van der Waals surface area (Å²) in [5.41, 5.74) is 2.15. The van der Waals surface area contributed by atoms with Crippen LogP contribution in [0.1, 0.15) is 13.8 Å². The molecule has 0 radical (unpaired) electrons. The van der Waals surface area contributed by atoms with Crippen molar-refractivity contribution in [3.63, 3.8) is 0 Å². The lowest BCUT2D eigenvalue weighted by molar-refractivity contribution is -0.118. The number of amides is 1. The molecule has 1 aromatic heterocycles. The summed E-state index contributed by atoms with van der Waals surface area (Å²) >= 11 is 0. The van der Waals surface area contributed by atoms with E-state index in [-0.39, 0.29) is 11.8 Å². The normalized spacial score (nSPS) is 10.7. The molecule has 6 heteroatoms. The maximum atomic E-state index is 12.0. The van der Waals surface area contributed by atoms with Crippen molar-refractivity contribution in [3.8, 4) is 28.6 Å². The summed E-state index contributed by atoms with van der Waals surface area (Å²) in [6.45, 7) is 3.68. The van der Waals surface area contributed by atoms with Gasteiger partial charge in [-0.15, -0.1) is 0 Å². The lowest BCUT2D eigenvalue weighted by Gasteiger charge is -2.10.